The van der Waals surface area contributed by atoms with Gasteiger partial charge < -0.3 is 29.2 Å². The smallest absolute Gasteiger partial charge is 0.254 e. The van der Waals surface area contributed by atoms with Crippen molar-refractivity contribution in [3.8, 4) is 11.5 Å². The van der Waals surface area contributed by atoms with Gasteiger partial charge in [-0.2, -0.15) is 0 Å². The highest BCUT2D eigenvalue weighted by Gasteiger charge is 2.30. The number of hydrogen-bond acceptors (Lipinski definition) is 6. The van der Waals surface area contributed by atoms with Gasteiger partial charge in [-0.15, -0.1) is 12.4 Å². The average Bonchev–Trinajstić information content (AvgIpc) is 3.30. The van der Waals surface area contributed by atoms with Crippen LogP contribution in [-0.2, 0) is 15.9 Å². The number of nitrogens with one attached hydrogen (secondary N) is 1. The Morgan fingerprint density at radius 1 is 0.943 bits per heavy atom. The molecule has 0 saturated carbocycles. The maximum absolute atomic E-state index is 13.6. The number of carbonyl (C=O) groups excluding carboxylic acids is 1. The molecule has 0 bridgehead atoms. The van der Waals surface area contributed by atoms with Crippen molar-refractivity contribution in [1.82, 2.24) is 10.2 Å². The first-order chi connectivity index (χ1) is 16.7. The fourth-order valence-corrected chi connectivity index (χ4v) is 4.41. The zero-order chi connectivity index (χ0) is 24.2. The Morgan fingerprint density at radius 2 is 1.69 bits per heavy atom. The molecule has 194 valence electrons. The normalized spacial score (nSPS) is 17.0. The van der Waals surface area contributed by atoms with Crippen molar-refractivity contribution >= 4 is 18.3 Å². The Morgan fingerprint density at radius 3 is 2.40 bits per heavy atom. The zero-order valence-electron chi connectivity index (χ0n) is 21.0. The van der Waals surface area contributed by atoms with Crippen molar-refractivity contribution in [2.24, 2.45) is 11.8 Å². The third-order valence-corrected chi connectivity index (χ3v) is 6.29. The van der Waals surface area contributed by atoms with Crippen LogP contribution >= 0.6 is 12.4 Å². The fourth-order valence-electron chi connectivity index (χ4n) is 4.41. The molecule has 1 aliphatic rings. The van der Waals surface area contributed by atoms with E-state index in [9.17, 15) is 4.79 Å². The summed E-state index contributed by atoms with van der Waals surface area (Å²) in [5.74, 6) is 2.02. The van der Waals surface area contributed by atoms with Gasteiger partial charge in [-0.05, 0) is 55.1 Å². The number of carbonyl (C=O) groups is 1. The molecule has 3 rings (SSSR count). The molecule has 0 aromatic heterocycles. The van der Waals surface area contributed by atoms with Gasteiger partial charge in [-0.1, -0.05) is 30.3 Å². The molecule has 1 fully saturated rings. The molecule has 1 heterocycles. The number of halogens is 1. The third kappa shape index (κ3) is 8.69. The van der Waals surface area contributed by atoms with Gasteiger partial charge in [0.2, 0.25) is 0 Å². The lowest BCUT2D eigenvalue weighted by atomic mass is 9.89. The molecule has 8 heteroatoms. The quantitative estimate of drug-likeness (QED) is 0.394. The first kappa shape index (κ1) is 28.9. The molecule has 1 amide bonds. The van der Waals surface area contributed by atoms with E-state index in [1.54, 1.807) is 39.5 Å². The van der Waals surface area contributed by atoms with Crippen LogP contribution in [0.1, 0.15) is 22.3 Å². The van der Waals surface area contributed by atoms with E-state index in [-0.39, 0.29) is 18.3 Å². The first-order valence-corrected chi connectivity index (χ1v) is 12.0. The van der Waals surface area contributed by atoms with Crippen LogP contribution < -0.4 is 14.8 Å². The lowest BCUT2D eigenvalue weighted by Crippen LogP contribution is -2.40. The maximum atomic E-state index is 13.6. The molecular formula is C27H39ClN2O5. The average molecular weight is 507 g/mol. The van der Waals surface area contributed by atoms with Crippen LogP contribution in [0.5, 0.6) is 11.5 Å². The van der Waals surface area contributed by atoms with Gasteiger partial charge in [0.1, 0.15) is 0 Å². The Bertz CT molecular complexity index is 883. The van der Waals surface area contributed by atoms with Crippen LogP contribution in [0, 0.1) is 11.8 Å². The summed E-state index contributed by atoms with van der Waals surface area (Å²) in [5.41, 5.74) is 1.92. The standard InChI is InChI=1S/C27H38N2O5.ClH/c1-31-13-7-14-34-26-17-22(10-11-25(26)33-3)27(30)29(12-15-32-2)20-24-19-28-18-23(24)16-21-8-5-4-6-9-21;/h4-6,8-11,17,23-24,28H,7,12-16,18-20H2,1-3H3;1H/t23-,24+;/m0./s1. The van der Waals surface area contributed by atoms with E-state index in [4.69, 9.17) is 18.9 Å². The summed E-state index contributed by atoms with van der Waals surface area (Å²) in [6, 6.07) is 15.9. The van der Waals surface area contributed by atoms with Crippen molar-refractivity contribution in [2.45, 2.75) is 12.8 Å². The van der Waals surface area contributed by atoms with Gasteiger partial charge in [-0.3, -0.25) is 4.79 Å². The van der Waals surface area contributed by atoms with Crippen molar-refractivity contribution in [2.75, 3.05) is 67.3 Å². The van der Waals surface area contributed by atoms with Crippen LogP contribution in [0.4, 0.5) is 0 Å². The van der Waals surface area contributed by atoms with Gasteiger partial charge in [-0.25, -0.2) is 0 Å². The Hall–Kier alpha value is -2.32. The number of benzene rings is 2. The molecule has 0 spiro atoms. The Kier molecular flexibility index (Phi) is 12.9. The molecule has 1 saturated heterocycles. The van der Waals surface area contributed by atoms with E-state index in [2.05, 4.69) is 29.6 Å². The van der Waals surface area contributed by atoms with Gasteiger partial charge >= 0.3 is 0 Å². The lowest BCUT2D eigenvalue weighted by Gasteiger charge is -2.28. The molecular weight excluding hydrogens is 468 g/mol. The summed E-state index contributed by atoms with van der Waals surface area (Å²) < 4.78 is 21.7. The van der Waals surface area contributed by atoms with Crippen LogP contribution in [0.2, 0.25) is 0 Å². The van der Waals surface area contributed by atoms with Crippen LogP contribution in [0.3, 0.4) is 0 Å². The summed E-state index contributed by atoms with van der Waals surface area (Å²) in [6.07, 6.45) is 1.77. The Labute approximate surface area is 215 Å². The van der Waals surface area contributed by atoms with Crippen molar-refractivity contribution in [1.29, 1.82) is 0 Å². The number of ether oxygens (including phenoxy) is 4. The maximum Gasteiger partial charge on any atom is 0.254 e. The van der Waals surface area contributed by atoms with Crippen molar-refractivity contribution in [3.05, 3.63) is 59.7 Å². The zero-order valence-corrected chi connectivity index (χ0v) is 21.9. The second-order valence-electron chi connectivity index (χ2n) is 8.67. The molecule has 2 aromatic carbocycles. The first-order valence-electron chi connectivity index (χ1n) is 12.0. The molecule has 1 aliphatic heterocycles. The predicted molar refractivity (Wildman–Crippen MR) is 140 cm³/mol. The molecule has 0 aliphatic carbocycles. The number of hydrogen-bond donors (Lipinski definition) is 1. The molecule has 1 N–H and O–H groups in total. The van der Waals surface area contributed by atoms with Crippen molar-refractivity contribution in [3.63, 3.8) is 0 Å². The number of rotatable bonds is 14. The number of nitrogens with zero attached hydrogens (tertiary/aromatic N) is 1. The topological polar surface area (TPSA) is 69.3 Å². The van der Waals surface area contributed by atoms with E-state index in [0.717, 1.165) is 25.9 Å². The van der Waals surface area contributed by atoms with E-state index in [0.29, 0.717) is 61.8 Å². The summed E-state index contributed by atoms with van der Waals surface area (Å²) in [7, 11) is 4.93. The van der Waals surface area contributed by atoms with Gasteiger partial charge in [0, 0.05) is 45.9 Å². The third-order valence-electron chi connectivity index (χ3n) is 6.29. The molecule has 2 aromatic rings. The van der Waals surface area contributed by atoms with Gasteiger partial charge in [0.15, 0.2) is 11.5 Å². The Balaban J connectivity index is 0.00000432. The van der Waals surface area contributed by atoms with Gasteiger partial charge in [0.05, 0.1) is 20.3 Å². The molecule has 0 radical (unpaired) electrons. The molecule has 35 heavy (non-hydrogen) atoms. The summed E-state index contributed by atoms with van der Waals surface area (Å²) in [5, 5.41) is 3.52. The van der Waals surface area contributed by atoms with Gasteiger partial charge in [0.25, 0.3) is 5.91 Å². The largest absolute Gasteiger partial charge is 0.493 e. The van der Waals surface area contributed by atoms with E-state index < -0.39 is 0 Å². The predicted octanol–water partition coefficient (Wildman–Crippen LogP) is 3.70. The van der Waals surface area contributed by atoms with Crippen LogP contribution in [-0.4, -0.2) is 78.1 Å². The summed E-state index contributed by atoms with van der Waals surface area (Å²) >= 11 is 0. The molecule has 7 nitrogen and oxygen atoms in total. The minimum Gasteiger partial charge on any atom is -0.493 e. The van der Waals surface area contributed by atoms with E-state index in [1.807, 2.05) is 11.0 Å². The van der Waals surface area contributed by atoms with E-state index >= 15 is 0 Å². The lowest BCUT2D eigenvalue weighted by molar-refractivity contribution is 0.0652. The highest BCUT2D eigenvalue weighted by atomic mass is 35.5. The van der Waals surface area contributed by atoms with Crippen LogP contribution in [0.15, 0.2) is 48.5 Å². The second kappa shape index (κ2) is 15.6. The SMILES string of the molecule is COCCCOc1cc(C(=O)N(CCOC)C[C@H]2CNC[C@@H]2Cc2ccccc2)ccc1OC.Cl. The summed E-state index contributed by atoms with van der Waals surface area (Å²) in [6.45, 7) is 4.70. The minimum absolute atomic E-state index is 0. The highest BCUT2D eigenvalue weighted by molar-refractivity contribution is 5.95. The highest BCUT2D eigenvalue weighted by Crippen LogP contribution is 2.29. The number of methoxy groups -OCH3 is 3. The molecule has 2 atom stereocenters. The summed E-state index contributed by atoms with van der Waals surface area (Å²) in [4.78, 5) is 15.5. The minimum atomic E-state index is -0.0215. The second-order valence-corrected chi connectivity index (χ2v) is 8.67. The van der Waals surface area contributed by atoms with E-state index in [1.165, 1.54) is 5.56 Å². The molecule has 0 unspecified atom stereocenters. The van der Waals surface area contributed by atoms with Crippen molar-refractivity contribution < 1.29 is 23.7 Å². The monoisotopic (exact) mass is 506 g/mol. The fraction of sp³-hybridized carbons (Fsp3) is 0.519. The number of amides is 1. The van der Waals surface area contributed by atoms with Crippen LogP contribution in [0.25, 0.3) is 0 Å².